The fraction of sp³-hybridized carbons (Fsp3) is 0.263. The van der Waals surface area contributed by atoms with E-state index < -0.39 is 0 Å². The van der Waals surface area contributed by atoms with Crippen molar-refractivity contribution in [2.75, 3.05) is 41.3 Å². The fourth-order valence-corrected chi connectivity index (χ4v) is 3.04. The summed E-state index contributed by atoms with van der Waals surface area (Å²) in [4.78, 5) is 13.3. The molecule has 138 valence electrons. The van der Waals surface area contributed by atoms with Gasteiger partial charge >= 0.3 is 0 Å². The van der Waals surface area contributed by atoms with Crippen molar-refractivity contribution in [3.63, 3.8) is 0 Å². The number of rotatable bonds is 5. The monoisotopic (exact) mass is 365 g/mol. The molecule has 0 spiro atoms. The van der Waals surface area contributed by atoms with E-state index in [1.165, 1.54) is 12.1 Å². The highest BCUT2D eigenvalue weighted by Crippen LogP contribution is 2.19. The van der Waals surface area contributed by atoms with Gasteiger partial charge in [0.2, 0.25) is 5.95 Å². The molecule has 1 aromatic carbocycles. The Kier molecular flexibility index (Phi) is 5.04. The first kappa shape index (κ1) is 17.1. The van der Waals surface area contributed by atoms with Crippen molar-refractivity contribution in [2.45, 2.75) is 6.54 Å². The van der Waals surface area contributed by atoms with Gasteiger partial charge in [-0.05, 0) is 36.4 Å². The molecule has 8 heteroatoms. The van der Waals surface area contributed by atoms with Gasteiger partial charge in [-0.25, -0.2) is 4.39 Å². The van der Waals surface area contributed by atoms with Gasteiger partial charge in [0.05, 0.1) is 18.4 Å². The molecule has 1 aliphatic rings. The summed E-state index contributed by atoms with van der Waals surface area (Å²) >= 11 is 0. The van der Waals surface area contributed by atoms with Crippen molar-refractivity contribution in [1.29, 1.82) is 0 Å². The minimum Gasteiger partial charge on any atom is -0.368 e. The maximum atomic E-state index is 13.1. The number of nitrogens with zero attached hydrogens (tertiary/aromatic N) is 6. The van der Waals surface area contributed by atoms with Crippen LogP contribution in [0.1, 0.15) is 5.69 Å². The molecule has 7 nitrogen and oxygen atoms in total. The van der Waals surface area contributed by atoms with E-state index >= 15 is 0 Å². The third-order valence-corrected chi connectivity index (χ3v) is 4.50. The number of benzene rings is 1. The van der Waals surface area contributed by atoms with Crippen LogP contribution in [0.4, 0.5) is 21.8 Å². The van der Waals surface area contributed by atoms with Crippen molar-refractivity contribution < 1.29 is 4.39 Å². The van der Waals surface area contributed by atoms with E-state index in [0.717, 1.165) is 43.4 Å². The molecule has 1 fully saturated rings. The molecule has 0 bridgehead atoms. The zero-order valence-corrected chi connectivity index (χ0v) is 14.8. The topological polar surface area (TPSA) is 70.1 Å². The van der Waals surface area contributed by atoms with E-state index in [0.29, 0.717) is 12.5 Å². The lowest BCUT2D eigenvalue weighted by Gasteiger charge is -2.36. The number of nitrogens with one attached hydrogen (secondary N) is 1. The average molecular weight is 365 g/mol. The molecule has 3 aromatic rings. The Morgan fingerprint density at radius 2 is 1.74 bits per heavy atom. The number of aromatic nitrogens is 4. The SMILES string of the molecule is Fc1ccc(N2CCN(c3cnnc(NCc4ccccn4)n3)CC2)cc1. The normalized spacial score (nSPS) is 14.3. The van der Waals surface area contributed by atoms with Gasteiger partial charge in [-0.3, -0.25) is 4.98 Å². The maximum absolute atomic E-state index is 13.1. The number of halogens is 1. The Bertz CT molecular complexity index is 865. The summed E-state index contributed by atoms with van der Waals surface area (Å²) < 4.78 is 13.1. The molecule has 27 heavy (non-hydrogen) atoms. The molecule has 1 saturated heterocycles. The average Bonchev–Trinajstić information content (AvgIpc) is 2.74. The van der Waals surface area contributed by atoms with E-state index in [1.54, 1.807) is 12.4 Å². The van der Waals surface area contributed by atoms with Gasteiger partial charge < -0.3 is 15.1 Å². The standard InChI is InChI=1S/C19H20FN7/c20-15-4-6-17(7-5-15)26-9-11-27(12-10-26)18-14-23-25-19(24-18)22-13-16-3-1-2-8-21-16/h1-8,14H,9-13H2,(H,22,24,25). The summed E-state index contributed by atoms with van der Waals surface area (Å²) in [5.41, 5.74) is 1.95. The predicted molar refractivity (Wildman–Crippen MR) is 102 cm³/mol. The van der Waals surface area contributed by atoms with Crippen molar-refractivity contribution in [2.24, 2.45) is 0 Å². The van der Waals surface area contributed by atoms with Crippen LogP contribution in [-0.2, 0) is 6.54 Å². The molecule has 1 N–H and O–H groups in total. The Labute approximate surface area is 156 Å². The summed E-state index contributed by atoms with van der Waals surface area (Å²) in [5, 5.41) is 11.3. The minimum absolute atomic E-state index is 0.213. The zero-order chi connectivity index (χ0) is 18.5. The highest BCUT2D eigenvalue weighted by Gasteiger charge is 2.19. The van der Waals surface area contributed by atoms with E-state index in [9.17, 15) is 4.39 Å². The van der Waals surface area contributed by atoms with Gasteiger partial charge in [0, 0.05) is 38.1 Å². The molecular formula is C19H20FN7. The number of piperazine rings is 1. The van der Waals surface area contributed by atoms with E-state index in [-0.39, 0.29) is 5.82 Å². The van der Waals surface area contributed by atoms with Crippen LogP contribution in [0.5, 0.6) is 0 Å². The molecule has 3 heterocycles. The zero-order valence-electron chi connectivity index (χ0n) is 14.8. The first-order valence-corrected chi connectivity index (χ1v) is 8.87. The molecule has 0 aliphatic carbocycles. The smallest absolute Gasteiger partial charge is 0.245 e. The van der Waals surface area contributed by atoms with Crippen molar-refractivity contribution in [3.05, 3.63) is 66.4 Å². The third-order valence-electron chi connectivity index (χ3n) is 4.50. The van der Waals surface area contributed by atoms with E-state index in [4.69, 9.17) is 0 Å². The highest BCUT2D eigenvalue weighted by atomic mass is 19.1. The van der Waals surface area contributed by atoms with Gasteiger partial charge in [0.25, 0.3) is 0 Å². The Hall–Kier alpha value is -3.29. The molecule has 0 radical (unpaired) electrons. The Balaban J connectivity index is 1.36. The Morgan fingerprint density at radius 3 is 2.48 bits per heavy atom. The minimum atomic E-state index is -0.213. The largest absolute Gasteiger partial charge is 0.368 e. The molecule has 0 saturated carbocycles. The van der Waals surface area contributed by atoms with Gasteiger partial charge in [0.1, 0.15) is 5.82 Å². The highest BCUT2D eigenvalue weighted by molar-refractivity contribution is 5.49. The number of pyridine rings is 1. The lowest BCUT2D eigenvalue weighted by atomic mass is 10.2. The summed E-state index contributed by atoms with van der Waals surface area (Å²) in [6, 6.07) is 12.4. The fourth-order valence-electron chi connectivity index (χ4n) is 3.04. The van der Waals surface area contributed by atoms with Gasteiger partial charge in [-0.1, -0.05) is 6.07 Å². The van der Waals surface area contributed by atoms with Crippen LogP contribution in [0.15, 0.2) is 54.9 Å². The van der Waals surface area contributed by atoms with E-state index in [1.807, 2.05) is 30.3 Å². The van der Waals surface area contributed by atoms with Crippen LogP contribution in [-0.4, -0.2) is 46.3 Å². The van der Waals surface area contributed by atoms with Crippen molar-refractivity contribution in [3.8, 4) is 0 Å². The summed E-state index contributed by atoms with van der Waals surface area (Å²) in [5.74, 6) is 1.07. The molecule has 0 atom stereocenters. The summed E-state index contributed by atoms with van der Waals surface area (Å²) in [6.07, 6.45) is 3.44. The number of hydrogen-bond acceptors (Lipinski definition) is 7. The van der Waals surface area contributed by atoms with Crippen molar-refractivity contribution in [1.82, 2.24) is 20.2 Å². The molecule has 0 amide bonds. The maximum Gasteiger partial charge on any atom is 0.245 e. The summed E-state index contributed by atoms with van der Waals surface area (Å²) in [7, 11) is 0. The van der Waals surface area contributed by atoms with Crippen LogP contribution in [0.2, 0.25) is 0 Å². The van der Waals surface area contributed by atoms with Gasteiger partial charge in [-0.2, -0.15) is 10.1 Å². The molecule has 4 rings (SSSR count). The van der Waals surface area contributed by atoms with Crippen LogP contribution < -0.4 is 15.1 Å². The first-order chi connectivity index (χ1) is 13.3. The molecule has 2 aromatic heterocycles. The number of anilines is 3. The number of hydrogen-bond donors (Lipinski definition) is 1. The first-order valence-electron chi connectivity index (χ1n) is 8.87. The van der Waals surface area contributed by atoms with Crippen LogP contribution in [0.25, 0.3) is 0 Å². The van der Waals surface area contributed by atoms with Crippen LogP contribution in [0.3, 0.4) is 0 Å². The van der Waals surface area contributed by atoms with Crippen LogP contribution >= 0.6 is 0 Å². The second-order valence-corrected chi connectivity index (χ2v) is 6.26. The Morgan fingerprint density at radius 1 is 0.963 bits per heavy atom. The second-order valence-electron chi connectivity index (χ2n) is 6.26. The van der Waals surface area contributed by atoms with Crippen LogP contribution in [0, 0.1) is 5.82 Å². The quantitative estimate of drug-likeness (QED) is 0.744. The van der Waals surface area contributed by atoms with Gasteiger partial charge in [0.15, 0.2) is 5.82 Å². The third kappa shape index (κ3) is 4.28. The molecule has 0 unspecified atom stereocenters. The van der Waals surface area contributed by atoms with Crippen molar-refractivity contribution >= 4 is 17.5 Å². The van der Waals surface area contributed by atoms with E-state index in [2.05, 4.69) is 35.3 Å². The lowest BCUT2D eigenvalue weighted by molar-refractivity contribution is 0.624. The summed E-state index contributed by atoms with van der Waals surface area (Å²) in [6.45, 7) is 3.86. The second kappa shape index (κ2) is 7.94. The molecule has 1 aliphatic heterocycles. The predicted octanol–water partition coefficient (Wildman–Crippen LogP) is 2.34. The lowest BCUT2D eigenvalue weighted by Crippen LogP contribution is -2.47. The van der Waals surface area contributed by atoms with Gasteiger partial charge in [-0.15, -0.1) is 5.10 Å². The molecular weight excluding hydrogens is 345 g/mol.